The predicted molar refractivity (Wildman–Crippen MR) is 95.2 cm³/mol. The van der Waals surface area contributed by atoms with Gasteiger partial charge in [-0.05, 0) is 42.8 Å². The van der Waals surface area contributed by atoms with Gasteiger partial charge in [0.15, 0.2) is 0 Å². The number of rotatable bonds is 7. The lowest BCUT2D eigenvalue weighted by atomic mass is 10.2. The molecular formula is C17H18BrN3O3. The molecule has 0 aliphatic heterocycles. The molecule has 0 fully saturated rings. The fourth-order valence-electron chi connectivity index (χ4n) is 1.94. The maximum atomic E-state index is 12.3. The van der Waals surface area contributed by atoms with Crippen molar-refractivity contribution in [3.05, 3.63) is 58.3 Å². The van der Waals surface area contributed by atoms with E-state index in [1.165, 1.54) is 12.3 Å². The number of nitrogens with zero attached hydrogens (tertiary/aromatic N) is 1. The average Bonchev–Trinajstić information content (AvgIpc) is 2.60. The number of nitrogens with one attached hydrogen (secondary N) is 2. The minimum atomic E-state index is -0.315. The van der Waals surface area contributed by atoms with E-state index < -0.39 is 0 Å². The molecule has 2 N–H and O–H groups in total. The molecule has 2 rings (SSSR count). The van der Waals surface area contributed by atoms with Crippen molar-refractivity contribution >= 4 is 33.4 Å². The number of anilines is 1. The number of pyridine rings is 1. The Hall–Kier alpha value is -2.25. The van der Waals surface area contributed by atoms with E-state index in [-0.39, 0.29) is 17.5 Å². The van der Waals surface area contributed by atoms with E-state index in [9.17, 15) is 9.59 Å². The fourth-order valence-corrected chi connectivity index (χ4v) is 2.21. The molecule has 7 heteroatoms. The van der Waals surface area contributed by atoms with Crippen molar-refractivity contribution in [2.24, 2.45) is 0 Å². The standard InChI is InChI=1S/C17H18BrN3O3/c1-24-10-2-8-20-17(23)15-11-12(7-9-19-15)16(22)21-14-5-3-13(18)4-6-14/h3-7,9,11H,2,8,10H2,1H3,(H,20,23)(H,21,22). The van der Waals surface area contributed by atoms with Gasteiger partial charge in [0.25, 0.3) is 11.8 Å². The Kier molecular flexibility index (Phi) is 6.89. The minimum absolute atomic E-state index is 0.205. The second-order valence-corrected chi connectivity index (χ2v) is 5.91. The second kappa shape index (κ2) is 9.14. The Bertz CT molecular complexity index is 704. The van der Waals surface area contributed by atoms with Crippen molar-refractivity contribution in [1.82, 2.24) is 10.3 Å². The first-order valence-corrected chi connectivity index (χ1v) is 8.19. The molecule has 0 bridgehead atoms. The van der Waals surface area contributed by atoms with Gasteiger partial charge in [-0.1, -0.05) is 15.9 Å². The molecule has 126 valence electrons. The minimum Gasteiger partial charge on any atom is -0.385 e. The number of carbonyl (C=O) groups is 2. The lowest BCUT2D eigenvalue weighted by molar-refractivity contribution is 0.0943. The van der Waals surface area contributed by atoms with Gasteiger partial charge in [-0.2, -0.15) is 0 Å². The van der Waals surface area contributed by atoms with Crippen LogP contribution in [0.2, 0.25) is 0 Å². The summed E-state index contributed by atoms with van der Waals surface area (Å²) in [6.45, 7) is 1.06. The summed E-state index contributed by atoms with van der Waals surface area (Å²) in [7, 11) is 1.61. The zero-order valence-corrected chi connectivity index (χ0v) is 14.8. The topological polar surface area (TPSA) is 80.3 Å². The van der Waals surface area contributed by atoms with E-state index in [0.717, 1.165) is 4.47 Å². The van der Waals surface area contributed by atoms with Crippen LogP contribution in [-0.4, -0.2) is 37.1 Å². The van der Waals surface area contributed by atoms with Gasteiger partial charge in [0.05, 0.1) is 0 Å². The van der Waals surface area contributed by atoms with Gasteiger partial charge in [0.2, 0.25) is 0 Å². The highest BCUT2D eigenvalue weighted by atomic mass is 79.9. The Balaban J connectivity index is 1.99. The molecular weight excluding hydrogens is 374 g/mol. The molecule has 0 saturated heterocycles. The molecule has 0 spiro atoms. The lowest BCUT2D eigenvalue weighted by Gasteiger charge is -2.07. The van der Waals surface area contributed by atoms with Crippen molar-refractivity contribution < 1.29 is 14.3 Å². The van der Waals surface area contributed by atoms with Crippen LogP contribution in [0.25, 0.3) is 0 Å². The summed E-state index contributed by atoms with van der Waals surface area (Å²) in [5.41, 5.74) is 1.25. The Morgan fingerprint density at radius 3 is 2.62 bits per heavy atom. The second-order valence-electron chi connectivity index (χ2n) is 4.99. The van der Waals surface area contributed by atoms with E-state index in [1.807, 2.05) is 12.1 Å². The highest BCUT2D eigenvalue weighted by Gasteiger charge is 2.11. The van der Waals surface area contributed by atoms with Crippen LogP contribution >= 0.6 is 15.9 Å². The molecule has 0 aliphatic carbocycles. The molecule has 0 radical (unpaired) electrons. The third-order valence-corrected chi connectivity index (χ3v) is 3.70. The maximum Gasteiger partial charge on any atom is 0.269 e. The fraction of sp³-hybridized carbons (Fsp3) is 0.235. The van der Waals surface area contributed by atoms with Gasteiger partial charge in [0, 0.05) is 42.2 Å². The molecule has 0 atom stereocenters. The molecule has 2 aromatic rings. The van der Waals surface area contributed by atoms with Crippen LogP contribution in [0.3, 0.4) is 0 Å². The number of amides is 2. The molecule has 24 heavy (non-hydrogen) atoms. The van der Waals surface area contributed by atoms with Crippen LogP contribution in [0.5, 0.6) is 0 Å². The molecule has 1 aromatic heterocycles. The van der Waals surface area contributed by atoms with E-state index >= 15 is 0 Å². The summed E-state index contributed by atoms with van der Waals surface area (Å²) >= 11 is 3.34. The number of halogens is 1. The molecule has 1 heterocycles. The Morgan fingerprint density at radius 2 is 1.92 bits per heavy atom. The molecule has 1 aromatic carbocycles. The third kappa shape index (κ3) is 5.43. The van der Waals surface area contributed by atoms with Crippen molar-refractivity contribution in [3.63, 3.8) is 0 Å². The predicted octanol–water partition coefficient (Wildman–Crippen LogP) is 2.86. The molecule has 0 saturated carbocycles. The van der Waals surface area contributed by atoms with Gasteiger partial charge in [-0.15, -0.1) is 0 Å². The van der Waals surface area contributed by atoms with Gasteiger partial charge in [0.1, 0.15) is 5.69 Å². The molecule has 0 aliphatic rings. The molecule has 0 unspecified atom stereocenters. The van der Waals surface area contributed by atoms with Gasteiger partial charge in [-0.25, -0.2) is 0 Å². The number of hydrogen-bond donors (Lipinski definition) is 2. The summed E-state index contributed by atoms with van der Waals surface area (Å²) < 4.78 is 5.85. The van der Waals surface area contributed by atoms with Crippen LogP contribution in [0.1, 0.15) is 27.3 Å². The first kappa shape index (κ1) is 18.1. The van der Waals surface area contributed by atoms with Crippen molar-refractivity contribution in [2.45, 2.75) is 6.42 Å². The van der Waals surface area contributed by atoms with Crippen molar-refractivity contribution in [1.29, 1.82) is 0 Å². The smallest absolute Gasteiger partial charge is 0.269 e. The number of methoxy groups -OCH3 is 1. The molecule has 2 amide bonds. The maximum absolute atomic E-state index is 12.3. The number of ether oxygens (including phenoxy) is 1. The summed E-state index contributed by atoms with van der Waals surface area (Å²) in [6.07, 6.45) is 2.16. The number of aromatic nitrogens is 1. The lowest BCUT2D eigenvalue weighted by Crippen LogP contribution is -2.26. The normalized spacial score (nSPS) is 10.2. The van der Waals surface area contributed by atoms with E-state index in [2.05, 4.69) is 31.5 Å². The summed E-state index contributed by atoms with van der Waals surface area (Å²) in [6, 6.07) is 10.3. The number of carbonyl (C=O) groups excluding carboxylic acids is 2. The highest BCUT2D eigenvalue weighted by Crippen LogP contribution is 2.15. The largest absolute Gasteiger partial charge is 0.385 e. The SMILES string of the molecule is COCCCNC(=O)c1cc(C(=O)Nc2ccc(Br)cc2)ccn1. The van der Waals surface area contributed by atoms with Crippen LogP contribution in [-0.2, 0) is 4.74 Å². The first-order chi connectivity index (χ1) is 11.6. The van der Waals surface area contributed by atoms with Crippen LogP contribution in [0, 0.1) is 0 Å². The zero-order valence-electron chi connectivity index (χ0n) is 13.2. The zero-order chi connectivity index (χ0) is 17.4. The first-order valence-electron chi connectivity index (χ1n) is 7.40. The quantitative estimate of drug-likeness (QED) is 0.711. The van der Waals surface area contributed by atoms with E-state index in [1.54, 1.807) is 25.3 Å². The summed E-state index contributed by atoms with van der Waals surface area (Å²) in [5.74, 6) is -0.613. The molecule has 6 nitrogen and oxygen atoms in total. The van der Waals surface area contributed by atoms with Crippen molar-refractivity contribution in [2.75, 3.05) is 25.6 Å². The Morgan fingerprint density at radius 1 is 1.17 bits per heavy atom. The van der Waals surface area contributed by atoms with Crippen molar-refractivity contribution in [3.8, 4) is 0 Å². The van der Waals surface area contributed by atoms with E-state index in [0.29, 0.717) is 30.8 Å². The third-order valence-electron chi connectivity index (χ3n) is 3.17. The van der Waals surface area contributed by atoms with Gasteiger partial charge in [-0.3, -0.25) is 14.6 Å². The van der Waals surface area contributed by atoms with Crippen LogP contribution in [0.4, 0.5) is 5.69 Å². The van der Waals surface area contributed by atoms with Crippen LogP contribution < -0.4 is 10.6 Å². The monoisotopic (exact) mass is 391 g/mol. The highest BCUT2D eigenvalue weighted by molar-refractivity contribution is 9.10. The summed E-state index contributed by atoms with van der Waals surface area (Å²) in [4.78, 5) is 28.3. The number of hydrogen-bond acceptors (Lipinski definition) is 4. The number of benzene rings is 1. The Labute approximate surface area is 148 Å². The van der Waals surface area contributed by atoms with Crippen LogP contribution in [0.15, 0.2) is 47.1 Å². The van der Waals surface area contributed by atoms with E-state index in [4.69, 9.17) is 4.74 Å². The van der Waals surface area contributed by atoms with Gasteiger partial charge < -0.3 is 15.4 Å². The average molecular weight is 392 g/mol. The summed E-state index contributed by atoms with van der Waals surface area (Å²) in [5, 5.41) is 5.51. The van der Waals surface area contributed by atoms with Gasteiger partial charge >= 0.3 is 0 Å².